The average molecular weight is 309 g/mol. The lowest BCUT2D eigenvalue weighted by Crippen LogP contribution is -2.54. The maximum absolute atomic E-state index is 12.8. The van der Waals surface area contributed by atoms with E-state index in [9.17, 15) is 8.42 Å². The maximum atomic E-state index is 12.8. The van der Waals surface area contributed by atoms with Crippen LogP contribution in [-0.4, -0.2) is 42.7 Å². The minimum atomic E-state index is -3.40. The lowest BCUT2D eigenvalue weighted by molar-refractivity contribution is 0.233. The summed E-state index contributed by atoms with van der Waals surface area (Å²) < 4.78 is 28.8. The molecule has 0 spiro atoms. The summed E-state index contributed by atoms with van der Waals surface area (Å²) in [5, 5.41) is 0. The second-order valence-electron chi connectivity index (χ2n) is 6.15. The van der Waals surface area contributed by atoms with Gasteiger partial charge in [-0.2, -0.15) is 17.0 Å². The van der Waals surface area contributed by atoms with Crippen LogP contribution in [0.3, 0.4) is 0 Å². The molecule has 6 heteroatoms. The van der Waals surface area contributed by atoms with Crippen LogP contribution >= 0.6 is 0 Å². The Kier molecular flexibility index (Phi) is 4.05. The van der Waals surface area contributed by atoms with Crippen LogP contribution in [0.1, 0.15) is 24.5 Å². The molecule has 0 radical (unpaired) electrons. The number of piperidine rings is 1. The van der Waals surface area contributed by atoms with Crippen molar-refractivity contribution in [1.29, 1.82) is 0 Å². The first kappa shape index (κ1) is 15.0. The number of nitrogens with two attached hydrogens (primary N) is 1. The molecular formula is C15H23N3O2S. The van der Waals surface area contributed by atoms with Gasteiger partial charge in [0.05, 0.1) is 0 Å². The van der Waals surface area contributed by atoms with E-state index in [0.29, 0.717) is 32.1 Å². The highest BCUT2D eigenvalue weighted by Crippen LogP contribution is 2.25. The van der Waals surface area contributed by atoms with Crippen molar-refractivity contribution in [3.8, 4) is 0 Å². The predicted molar refractivity (Wildman–Crippen MR) is 82.8 cm³/mol. The Balaban J connectivity index is 1.77. The Bertz CT molecular complexity index is 617. The largest absolute Gasteiger partial charge is 0.326 e. The highest BCUT2D eigenvalue weighted by atomic mass is 32.2. The fourth-order valence-corrected chi connectivity index (χ4v) is 4.76. The fraction of sp³-hybridized carbons (Fsp3) is 0.600. The van der Waals surface area contributed by atoms with Gasteiger partial charge in [-0.15, -0.1) is 0 Å². The second kappa shape index (κ2) is 5.68. The molecule has 2 N–H and O–H groups in total. The fourth-order valence-electron chi connectivity index (χ4n) is 3.11. The molecule has 0 aliphatic carbocycles. The molecule has 1 saturated heterocycles. The molecule has 1 aromatic carbocycles. The first-order valence-corrected chi connectivity index (χ1v) is 8.96. The van der Waals surface area contributed by atoms with Gasteiger partial charge in [0.25, 0.3) is 10.2 Å². The second-order valence-corrected chi connectivity index (χ2v) is 8.08. The van der Waals surface area contributed by atoms with Crippen LogP contribution in [-0.2, 0) is 23.2 Å². The van der Waals surface area contributed by atoms with Crippen molar-refractivity contribution in [2.75, 3.05) is 19.6 Å². The van der Waals surface area contributed by atoms with E-state index in [-0.39, 0.29) is 6.04 Å². The third-order valence-electron chi connectivity index (χ3n) is 4.73. The van der Waals surface area contributed by atoms with Gasteiger partial charge < -0.3 is 5.73 Å². The Hall–Kier alpha value is -0.950. The third kappa shape index (κ3) is 2.85. The zero-order valence-corrected chi connectivity index (χ0v) is 13.2. The number of fused-ring (bicyclic) bond motifs is 1. The molecular weight excluding hydrogens is 286 g/mol. The van der Waals surface area contributed by atoms with Crippen molar-refractivity contribution < 1.29 is 8.42 Å². The highest BCUT2D eigenvalue weighted by molar-refractivity contribution is 7.86. The molecule has 116 valence electrons. The SMILES string of the molecule is CC1CCN(S(=O)(=O)N2CCc3ccccc3C2)CC1N. The van der Waals surface area contributed by atoms with Gasteiger partial charge in [-0.1, -0.05) is 31.2 Å². The van der Waals surface area contributed by atoms with Gasteiger partial charge in [-0.25, -0.2) is 0 Å². The van der Waals surface area contributed by atoms with E-state index in [1.807, 2.05) is 18.2 Å². The zero-order chi connectivity index (χ0) is 15.0. The molecule has 2 aliphatic heterocycles. The summed E-state index contributed by atoms with van der Waals surface area (Å²) in [6, 6.07) is 8.01. The Labute approximate surface area is 126 Å². The molecule has 1 fully saturated rings. The van der Waals surface area contributed by atoms with Gasteiger partial charge in [-0.3, -0.25) is 0 Å². The quantitative estimate of drug-likeness (QED) is 0.885. The van der Waals surface area contributed by atoms with E-state index in [0.717, 1.165) is 18.4 Å². The van der Waals surface area contributed by atoms with Crippen molar-refractivity contribution in [1.82, 2.24) is 8.61 Å². The minimum Gasteiger partial charge on any atom is -0.326 e. The van der Waals surface area contributed by atoms with Gasteiger partial charge in [-0.05, 0) is 29.9 Å². The average Bonchev–Trinajstić information content (AvgIpc) is 2.49. The van der Waals surface area contributed by atoms with Gasteiger partial charge in [0.2, 0.25) is 0 Å². The van der Waals surface area contributed by atoms with E-state index < -0.39 is 10.2 Å². The van der Waals surface area contributed by atoms with Gasteiger partial charge in [0.1, 0.15) is 0 Å². The lowest BCUT2D eigenvalue weighted by Gasteiger charge is -2.38. The smallest absolute Gasteiger partial charge is 0.282 e. The molecule has 1 aromatic rings. The number of nitrogens with zero attached hydrogens (tertiary/aromatic N) is 2. The molecule has 3 rings (SSSR count). The normalized spacial score (nSPS) is 28.3. The molecule has 2 heterocycles. The molecule has 21 heavy (non-hydrogen) atoms. The third-order valence-corrected chi connectivity index (χ3v) is 6.68. The van der Waals surface area contributed by atoms with E-state index in [1.54, 1.807) is 8.61 Å². The Morgan fingerprint density at radius 2 is 1.86 bits per heavy atom. The summed E-state index contributed by atoms with van der Waals surface area (Å²) in [6.45, 7) is 4.13. The standard InChI is InChI=1S/C15H23N3O2S/c1-12-6-8-18(11-15(12)16)21(19,20)17-9-7-13-4-2-3-5-14(13)10-17/h2-5,12,15H,6-11,16H2,1H3. The lowest BCUT2D eigenvalue weighted by atomic mass is 9.96. The summed E-state index contributed by atoms with van der Waals surface area (Å²) in [6.07, 6.45) is 1.62. The molecule has 2 atom stereocenters. The number of benzene rings is 1. The van der Waals surface area contributed by atoms with Crippen molar-refractivity contribution >= 4 is 10.2 Å². The van der Waals surface area contributed by atoms with Crippen molar-refractivity contribution in [3.05, 3.63) is 35.4 Å². The summed E-state index contributed by atoms with van der Waals surface area (Å²) in [4.78, 5) is 0. The van der Waals surface area contributed by atoms with E-state index in [1.165, 1.54) is 5.56 Å². The van der Waals surface area contributed by atoms with E-state index in [4.69, 9.17) is 5.73 Å². The molecule has 5 nitrogen and oxygen atoms in total. The molecule has 2 unspecified atom stereocenters. The van der Waals surface area contributed by atoms with Crippen LogP contribution in [0.2, 0.25) is 0 Å². The molecule has 2 aliphatic rings. The van der Waals surface area contributed by atoms with Crippen molar-refractivity contribution in [2.45, 2.75) is 32.4 Å². The zero-order valence-electron chi connectivity index (χ0n) is 12.4. The number of hydrogen-bond donors (Lipinski definition) is 1. The minimum absolute atomic E-state index is 0.0643. The molecule has 0 bridgehead atoms. The number of rotatable bonds is 2. The molecule has 0 amide bonds. The van der Waals surface area contributed by atoms with Crippen LogP contribution in [0, 0.1) is 5.92 Å². The summed E-state index contributed by atoms with van der Waals surface area (Å²) in [5.74, 6) is 0.388. The molecule has 0 saturated carbocycles. The maximum Gasteiger partial charge on any atom is 0.282 e. The van der Waals surface area contributed by atoms with Crippen molar-refractivity contribution in [3.63, 3.8) is 0 Å². The van der Waals surface area contributed by atoms with Crippen molar-refractivity contribution in [2.24, 2.45) is 11.7 Å². The van der Waals surface area contributed by atoms with Gasteiger partial charge in [0.15, 0.2) is 0 Å². The topological polar surface area (TPSA) is 66.6 Å². The molecule has 0 aromatic heterocycles. The first-order chi connectivity index (χ1) is 9.98. The summed E-state index contributed by atoms with van der Waals surface area (Å²) >= 11 is 0. The monoisotopic (exact) mass is 309 g/mol. The van der Waals surface area contributed by atoms with Gasteiger partial charge >= 0.3 is 0 Å². The van der Waals surface area contributed by atoms with Crippen LogP contribution in [0.25, 0.3) is 0 Å². The van der Waals surface area contributed by atoms with E-state index in [2.05, 4.69) is 13.0 Å². The summed E-state index contributed by atoms with van der Waals surface area (Å²) in [7, 11) is -3.40. The van der Waals surface area contributed by atoms with Crippen LogP contribution < -0.4 is 5.73 Å². The summed E-state index contributed by atoms with van der Waals surface area (Å²) in [5.41, 5.74) is 8.42. The predicted octanol–water partition coefficient (Wildman–Crippen LogP) is 0.959. The highest BCUT2D eigenvalue weighted by Gasteiger charge is 2.36. The first-order valence-electron chi connectivity index (χ1n) is 7.56. The Morgan fingerprint density at radius 3 is 2.57 bits per heavy atom. The van der Waals surface area contributed by atoms with Crippen LogP contribution in [0.15, 0.2) is 24.3 Å². The van der Waals surface area contributed by atoms with E-state index >= 15 is 0 Å². The van der Waals surface area contributed by atoms with Crippen LogP contribution in [0.5, 0.6) is 0 Å². The van der Waals surface area contributed by atoms with Gasteiger partial charge in [0, 0.05) is 32.2 Å². The number of hydrogen-bond acceptors (Lipinski definition) is 3. The van der Waals surface area contributed by atoms with Crippen LogP contribution in [0.4, 0.5) is 0 Å². The Morgan fingerprint density at radius 1 is 1.14 bits per heavy atom.